The molecule has 2 aromatic heterocycles. The summed E-state index contributed by atoms with van der Waals surface area (Å²) in [5.74, 6) is 0.961. The average molecular weight is 370 g/mol. The molecule has 8 heteroatoms. The molecule has 0 aromatic carbocycles. The zero-order valence-corrected chi connectivity index (χ0v) is 14.9. The number of pyridine rings is 1. The molecule has 5 rings (SSSR count). The lowest BCUT2D eigenvalue weighted by molar-refractivity contribution is 0.0591. The molecule has 0 N–H and O–H groups in total. The summed E-state index contributed by atoms with van der Waals surface area (Å²) in [6, 6.07) is 5.34. The summed E-state index contributed by atoms with van der Waals surface area (Å²) in [6.07, 6.45) is 2.41. The van der Waals surface area contributed by atoms with Gasteiger partial charge in [0.25, 0.3) is 17.0 Å². The van der Waals surface area contributed by atoms with Gasteiger partial charge in [0.05, 0.1) is 0 Å². The lowest BCUT2D eigenvalue weighted by Gasteiger charge is -2.42. The lowest BCUT2D eigenvalue weighted by Crippen LogP contribution is -2.50. The predicted molar refractivity (Wildman–Crippen MR) is 96.7 cm³/mol. The first-order valence-corrected chi connectivity index (χ1v) is 9.82. The average Bonchev–Trinajstić information content (AvgIpc) is 3.12. The Morgan fingerprint density at radius 1 is 1.15 bits per heavy atom. The fraction of sp³-hybridized carbons (Fsp3) is 0.444. The molecule has 2 bridgehead atoms. The van der Waals surface area contributed by atoms with Gasteiger partial charge in [-0.25, -0.2) is 4.98 Å². The van der Waals surface area contributed by atoms with Gasteiger partial charge in [0.15, 0.2) is 5.16 Å². The van der Waals surface area contributed by atoms with Crippen molar-refractivity contribution in [1.82, 2.24) is 19.0 Å². The molecule has 0 aliphatic carbocycles. The highest BCUT2D eigenvalue weighted by molar-refractivity contribution is 7.99. The summed E-state index contributed by atoms with van der Waals surface area (Å²) >= 11 is 1.54. The van der Waals surface area contributed by atoms with Crippen molar-refractivity contribution < 1.29 is 4.79 Å². The maximum absolute atomic E-state index is 13.0. The Labute approximate surface area is 153 Å². The molecule has 0 spiro atoms. The zero-order chi connectivity index (χ0) is 17.8. The van der Waals surface area contributed by atoms with Crippen molar-refractivity contribution in [3.05, 3.63) is 56.4 Å². The first kappa shape index (κ1) is 15.9. The van der Waals surface area contributed by atoms with Crippen LogP contribution in [0.2, 0.25) is 0 Å². The number of amides is 1. The number of hydrogen-bond acceptors (Lipinski definition) is 5. The molecule has 3 aliphatic rings. The second-order valence-corrected chi connectivity index (χ2v) is 8.23. The van der Waals surface area contributed by atoms with Crippen molar-refractivity contribution in [2.75, 3.05) is 18.8 Å². The number of hydrogen-bond donors (Lipinski definition) is 0. The maximum Gasteiger partial charge on any atom is 0.267 e. The van der Waals surface area contributed by atoms with E-state index in [1.807, 2.05) is 10.6 Å². The lowest BCUT2D eigenvalue weighted by atomic mass is 9.83. The van der Waals surface area contributed by atoms with E-state index in [4.69, 9.17) is 0 Å². The standard InChI is InChI=1S/C18H18N4O3S/c23-15-3-1-2-14-12-6-11(9-22(14)15)8-20(10-12)16(24)13-7-19-18-21(17(13)25)4-5-26-18/h1-3,7,11-12H,4-6,8-10H2. The number of piperidine rings is 1. The van der Waals surface area contributed by atoms with Gasteiger partial charge in [-0.2, -0.15) is 0 Å². The summed E-state index contributed by atoms with van der Waals surface area (Å²) in [4.78, 5) is 43.9. The van der Waals surface area contributed by atoms with Gasteiger partial charge in [-0.15, -0.1) is 0 Å². The highest BCUT2D eigenvalue weighted by Crippen LogP contribution is 2.35. The molecule has 5 heterocycles. The number of fused-ring (bicyclic) bond motifs is 5. The van der Waals surface area contributed by atoms with Crippen LogP contribution in [0.1, 0.15) is 28.4 Å². The molecule has 1 fully saturated rings. The van der Waals surface area contributed by atoms with Crippen LogP contribution in [-0.4, -0.2) is 43.8 Å². The minimum Gasteiger partial charge on any atom is -0.337 e. The summed E-state index contributed by atoms with van der Waals surface area (Å²) in [5.41, 5.74) is 0.932. The minimum atomic E-state index is -0.240. The number of nitrogens with zero attached hydrogens (tertiary/aromatic N) is 4. The predicted octanol–water partition coefficient (Wildman–Crippen LogP) is 0.770. The molecule has 134 valence electrons. The third-order valence-electron chi connectivity index (χ3n) is 5.55. The number of rotatable bonds is 1. The van der Waals surface area contributed by atoms with E-state index in [9.17, 15) is 14.4 Å². The van der Waals surface area contributed by atoms with Crippen LogP contribution in [0.15, 0.2) is 39.1 Å². The molecule has 2 aromatic rings. The van der Waals surface area contributed by atoms with Crippen molar-refractivity contribution >= 4 is 17.7 Å². The van der Waals surface area contributed by atoms with Crippen molar-refractivity contribution in [2.45, 2.75) is 30.6 Å². The molecule has 1 amide bonds. The van der Waals surface area contributed by atoms with Gasteiger partial charge in [-0.3, -0.25) is 19.0 Å². The van der Waals surface area contributed by atoms with Crippen LogP contribution in [-0.2, 0) is 13.1 Å². The molecule has 0 radical (unpaired) electrons. The van der Waals surface area contributed by atoms with Crippen LogP contribution in [0.3, 0.4) is 0 Å². The number of likely N-dealkylation sites (tertiary alicyclic amines) is 1. The first-order valence-electron chi connectivity index (χ1n) is 8.83. The van der Waals surface area contributed by atoms with Crippen molar-refractivity contribution in [2.24, 2.45) is 5.92 Å². The number of carbonyl (C=O) groups excluding carboxylic acids is 1. The van der Waals surface area contributed by atoms with Crippen LogP contribution in [0, 0.1) is 5.92 Å². The van der Waals surface area contributed by atoms with E-state index in [0.717, 1.165) is 17.9 Å². The number of carbonyl (C=O) groups is 1. The maximum atomic E-state index is 13.0. The third-order valence-corrected chi connectivity index (χ3v) is 6.52. The van der Waals surface area contributed by atoms with Gasteiger partial charge in [-0.05, 0) is 18.4 Å². The van der Waals surface area contributed by atoms with Gasteiger partial charge in [0.2, 0.25) is 0 Å². The highest BCUT2D eigenvalue weighted by atomic mass is 32.2. The van der Waals surface area contributed by atoms with Gasteiger partial charge in [-0.1, -0.05) is 17.8 Å². The van der Waals surface area contributed by atoms with Crippen LogP contribution >= 0.6 is 11.8 Å². The molecule has 26 heavy (non-hydrogen) atoms. The Hall–Kier alpha value is -2.35. The second-order valence-electron chi connectivity index (χ2n) is 7.17. The fourth-order valence-corrected chi connectivity index (χ4v) is 5.31. The first-order chi connectivity index (χ1) is 12.6. The molecular formula is C18H18N4O3S. The van der Waals surface area contributed by atoms with Crippen LogP contribution in [0.5, 0.6) is 0 Å². The van der Waals surface area contributed by atoms with Gasteiger partial charge >= 0.3 is 0 Å². The summed E-state index contributed by atoms with van der Waals surface area (Å²) in [6.45, 7) is 2.35. The van der Waals surface area contributed by atoms with Crippen molar-refractivity contribution in [1.29, 1.82) is 0 Å². The van der Waals surface area contributed by atoms with Crippen LogP contribution < -0.4 is 11.1 Å². The zero-order valence-electron chi connectivity index (χ0n) is 14.1. The van der Waals surface area contributed by atoms with E-state index < -0.39 is 0 Å². The monoisotopic (exact) mass is 370 g/mol. The Morgan fingerprint density at radius 2 is 2.04 bits per heavy atom. The van der Waals surface area contributed by atoms with Crippen LogP contribution in [0.4, 0.5) is 0 Å². The number of thioether (sulfide) groups is 1. The van der Waals surface area contributed by atoms with E-state index in [0.29, 0.717) is 31.3 Å². The smallest absolute Gasteiger partial charge is 0.267 e. The van der Waals surface area contributed by atoms with E-state index in [1.54, 1.807) is 21.6 Å². The van der Waals surface area contributed by atoms with E-state index in [1.165, 1.54) is 18.0 Å². The van der Waals surface area contributed by atoms with E-state index in [2.05, 4.69) is 4.98 Å². The van der Waals surface area contributed by atoms with Gasteiger partial charge in [0.1, 0.15) is 5.56 Å². The molecule has 0 saturated carbocycles. The molecule has 3 aliphatic heterocycles. The van der Waals surface area contributed by atoms with Gasteiger partial charge < -0.3 is 9.47 Å². The van der Waals surface area contributed by atoms with Crippen LogP contribution in [0.25, 0.3) is 0 Å². The molecule has 7 nitrogen and oxygen atoms in total. The topological polar surface area (TPSA) is 77.2 Å². The van der Waals surface area contributed by atoms with E-state index >= 15 is 0 Å². The molecular weight excluding hydrogens is 352 g/mol. The normalized spacial score (nSPS) is 23.5. The Bertz CT molecular complexity index is 1030. The molecule has 1 saturated heterocycles. The largest absolute Gasteiger partial charge is 0.337 e. The van der Waals surface area contributed by atoms with Gasteiger partial charge in [0, 0.05) is 55.8 Å². The molecule has 2 atom stereocenters. The summed E-state index contributed by atoms with van der Waals surface area (Å²) in [7, 11) is 0. The van der Waals surface area contributed by atoms with Crippen molar-refractivity contribution in [3.63, 3.8) is 0 Å². The fourth-order valence-electron chi connectivity index (χ4n) is 4.40. The Balaban J connectivity index is 1.47. The Kier molecular flexibility index (Phi) is 3.56. The molecule has 2 unspecified atom stereocenters. The SMILES string of the molecule is O=C(c1cnc2n(c1=O)CCS2)N1CC2CC(C1)c1cccc(=O)n1C2. The second kappa shape index (κ2) is 5.84. The van der Waals surface area contributed by atoms with Crippen molar-refractivity contribution in [3.8, 4) is 0 Å². The quantitative estimate of drug-likeness (QED) is 0.693. The summed E-state index contributed by atoms with van der Waals surface area (Å²) in [5, 5.41) is 0.690. The number of aromatic nitrogens is 3. The third kappa shape index (κ3) is 2.35. The Morgan fingerprint density at radius 3 is 2.92 bits per heavy atom. The minimum absolute atomic E-state index is 0.0237. The highest BCUT2D eigenvalue weighted by Gasteiger charge is 2.37. The summed E-state index contributed by atoms with van der Waals surface area (Å²) < 4.78 is 3.43. The van der Waals surface area contributed by atoms with E-state index in [-0.39, 0.29) is 34.4 Å².